The largest absolute Gasteiger partial charge is 0.454 e. The summed E-state index contributed by atoms with van der Waals surface area (Å²) in [5, 5.41) is 6.38. The maximum absolute atomic E-state index is 12.2. The van der Waals surface area contributed by atoms with Crippen LogP contribution in [0.15, 0.2) is 80.4 Å². The topological polar surface area (TPSA) is 109 Å². The molecule has 2 aromatic carbocycles. The predicted molar refractivity (Wildman–Crippen MR) is 121 cm³/mol. The van der Waals surface area contributed by atoms with Crippen molar-refractivity contribution in [3.8, 4) is 11.5 Å². The number of benzene rings is 2. The molecule has 0 radical (unpaired) electrons. The van der Waals surface area contributed by atoms with Gasteiger partial charge in [-0.3, -0.25) is 9.59 Å². The summed E-state index contributed by atoms with van der Waals surface area (Å²) in [6, 6.07) is 16.2. The van der Waals surface area contributed by atoms with Gasteiger partial charge < -0.3 is 13.7 Å². The summed E-state index contributed by atoms with van der Waals surface area (Å²) < 4.78 is 12.6. The van der Waals surface area contributed by atoms with E-state index >= 15 is 0 Å². The lowest BCUT2D eigenvalue weighted by Gasteiger charge is -2.05. The molecule has 0 saturated heterocycles. The summed E-state index contributed by atoms with van der Waals surface area (Å²) >= 11 is 7.46. The van der Waals surface area contributed by atoms with Crippen LogP contribution in [-0.2, 0) is 27.4 Å². The molecule has 0 N–H and O–H groups in total. The monoisotopic (exact) mass is 484 g/mol. The number of thiazole rings is 1. The summed E-state index contributed by atoms with van der Waals surface area (Å²) in [6.07, 6.45) is 1.79. The maximum atomic E-state index is 12.2. The number of hydrogen-bond acceptors (Lipinski definition) is 7. The minimum atomic E-state index is -0.816. The van der Waals surface area contributed by atoms with Gasteiger partial charge in [-0.05, 0) is 23.8 Å². The van der Waals surface area contributed by atoms with Crippen LogP contribution in [0.5, 0.6) is 0 Å². The van der Waals surface area contributed by atoms with Crippen LogP contribution in [-0.4, -0.2) is 32.8 Å². The first-order valence-corrected chi connectivity index (χ1v) is 11.0. The zero-order valence-electron chi connectivity index (χ0n) is 17.1. The van der Waals surface area contributed by atoms with Crippen molar-refractivity contribution in [3.63, 3.8) is 0 Å². The molecule has 0 aliphatic heterocycles. The van der Waals surface area contributed by atoms with E-state index in [4.69, 9.17) is 20.8 Å². The highest BCUT2D eigenvalue weighted by atomic mass is 35.5. The number of carbonyl (C=O) groups excluding carboxylic acids is 2. The number of hydrogen-bond donors (Lipinski definition) is 0. The van der Waals surface area contributed by atoms with Gasteiger partial charge in [0.2, 0.25) is 5.89 Å². The summed E-state index contributed by atoms with van der Waals surface area (Å²) in [5.74, 6) is -2.18. The molecule has 0 saturated carbocycles. The summed E-state index contributed by atoms with van der Waals surface area (Å²) in [7, 11) is 0. The van der Waals surface area contributed by atoms with Crippen LogP contribution >= 0.6 is 22.9 Å². The highest BCUT2D eigenvalue weighted by molar-refractivity contribution is 7.07. The summed E-state index contributed by atoms with van der Waals surface area (Å²) in [6.45, 7) is -0.622. The van der Waals surface area contributed by atoms with E-state index in [-0.39, 0.29) is 5.89 Å². The fraction of sp³-hybridized carbons (Fsp3) is 0.136. The van der Waals surface area contributed by atoms with Gasteiger partial charge in [0.05, 0.1) is 6.54 Å². The number of nitrogens with zero attached hydrogens (tertiary/aromatic N) is 4. The lowest BCUT2D eigenvalue weighted by atomic mass is 10.2. The molecular weight excluding hydrogens is 468 g/mol. The molecule has 33 heavy (non-hydrogen) atoms. The minimum Gasteiger partial charge on any atom is -0.454 e. The van der Waals surface area contributed by atoms with E-state index in [2.05, 4.69) is 10.1 Å². The van der Waals surface area contributed by atoms with E-state index in [9.17, 15) is 14.4 Å². The average molecular weight is 485 g/mol. The van der Waals surface area contributed by atoms with Crippen molar-refractivity contribution in [2.45, 2.75) is 13.1 Å². The predicted octanol–water partition coefficient (Wildman–Crippen LogP) is 2.74. The minimum absolute atomic E-state index is 0.0836. The molecule has 0 aliphatic carbocycles. The fourth-order valence-corrected chi connectivity index (χ4v) is 3.81. The molecule has 9 nitrogen and oxygen atoms in total. The van der Waals surface area contributed by atoms with E-state index in [0.717, 1.165) is 10.2 Å². The molecule has 4 rings (SSSR count). The third kappa shape index (κ3) is 5.73. The van der Waals surface area contributed by atoms with Crippen LogP contribution in [0.4, 0.5) is 0 Å². The van der Waals surface area contributed by atoms with Crippen LogP contribution in [0.2, 0.25) is 5.02 Å². The van der Waals surface area contributed by atoms with Gasteiger partial charge in [-0.2, -0.15) is 9.67 Å². The first-order chi connectivity index (χ1) is 16.0. The molecule has 4 aromatic rings. The smallest absolute Gasteiger partial charge is 0.437 e. The molecule has 1 amide bonds. The summed E-state index contributed by atoms with van der Waals surface area (Å²) in [4.78, 5) is 40.7. The zero-order chi connectivity index (χ0) is 23.2. The number of amides is 1. The summed E-state index contributed by atoms with van der Waals surface area (Å²) in [5.41, 5.74) is 1.47. The van der Waals surface area contributed by atoms with Gasteiger partial charge in [0.25, 0.3) is 5.91 Å². The van der Waals surface area contributed by atoms with Crippen molar-refractivity contribution in [2.24, 2.45) is 4.99 Å². The molecule has 0 spiro atoms. The Bertz CT molecular complexity index is 1400. The molecular formula is C22H17ClN4O5S. The van der Waals surface area contributed by atoms with Crippen LogP contribution in [0.1, 0.15) is 5.56 Å². The number of rotatable bonds is 7. The quantitative estimate of drug-likeness (QED) is 0.373. The third-order valence-corrected chi connectivity index (χ3v) is 5.60. The van der Waals surface area contributed by atoms with Gasteiger partial charge in [-0.25, -0.2) is 4.79 Å². The van der Waals surface area contributed by atoms with Crippen LogP contribution in [0.25, 0.3) is 11.5 Å². The molecule has 168 valence electrons. The van der Waals surface area contributed by atoms with Crippen molar-refractivity contribution in [3.05, 3.63) is 92.1 Å². The Kier molecular flexibility index (Phi) is 6.96. The third-order valence-electron chi connectivity index (χ3n) is 4.44. The van der Waals surface area contributed by atoms with Crippen LogP contribution in [0, 0.1) is 0 Å². The number of carbonyl (C=O) groups is 2. The molecule has 11 heteroatoms. The Hall–Kier alpha value is -3.76. The van der Waals surface area contributed by atoms with Gasteiger partial charge in [0.1, 0.15) is 6.54 Å². The zero-order valence-corrected chi connectivity index (χ0v) is 18.7. The fourth-order valence-electron chi connectivity index (χ4n) is 2.87. The molecule has 2 aromatic heterocycles. The molecule has 0 unspecified atom stereocenters. The highest BCUT2D eigenvalue weighted by Crippen LogP contribution is 2.16. The van der Waals surface area contributed by atoms with Crippen molar-refractivity contribution < 1.29 is 18.7 Å². The van der Waals surface area contributed by atoms with Gasteiger partial charge in [-0.1, -0.05) is 48.0 Å². The van der Waals surface area contributed by atoms with E-state index in [1.807, 2.05) is 24.3 Å². The van der Waals surface area contributed by atoms with Crippen molar-refractivity contribution in [2.75, 3.05) is 6.61 Å². The second-order valence-corrected chi connectivity index (χ2v) is 8.05. The van der Waals surface area contributed by atoms with Crippen LogP contribution in [0.3, 0.4) is 0 Å². The number of halogens is 1. The van der Waals surface area contributed by atoms with Crippen molar-refractivity contribution in [1.29, 1.82) is 0 Å². The first-order valence-electron chi connectivity index (χ1n) is 9.73. The molecule has 2 heterocycles. The molecule has 0 aliphatic rings. The van der Waals surface area contributed by atoms with Gasteiger partial charge in [0, 0.05) is 22.2 Å². The average Bonchev–Trinajstić information content (AvgIpc) is 3.40. The van der Waals surface area contributed by atoms with E-state index in [1.165, 1.54) is 11.3 Å². The number of esters is 1. The van der Waals surface area contributed by atoms with E-state index in [1.54, 1.807) is 46.5 Å². The number of ether oxygens (including phenoxy) is 1. The van der Waals surface area contributed by atoms with Crippen molar-refractivity contribution >= 4 is 34.8 Å². The molecule has 0 bridgehead atoms. The second-order valence-electron chi connectivity index (χ2n) is 6.77. The Balaban J connectivity index is 1.36. The standard InChI is InChI=1S/C22H17ClN4O5S/c23-17-9-5-4-8-16(17)12-26-10-11-33-21(26)24-18(28)14-31-19(29)13-27-22(30)32-20(25-27)15-6-2-1-3-7-15/h1-11H,12-14H2. The lowest BCUT2D eigenvalue weighted by molar-refractivity contribution is -0.148. The Morgan fingerprint density at radius 3 is 2.67 bits per heavy atom. The maximum Gasteiger partial charge on any atom is 0.437 e. The van der Waals surface area contributed by atoms with Gasteiger partial charge in [0.15, 0.2) is 11.4 Å². The highest BCUT2D eigenvalue weighted by Gasteiger charge is 2.15. The Morgan fingerprint density at radius 2 is 1.88 bits per heavy atom. The Labute approximate surface area is 196 Å². The SMILES string of the molecule is O=C(COC(=O)Cn1nc(-c2ccccc2)oc1=O)N=c1sccn1Cc1ccccc1Cl. The van der Waals surface area contributed by atoms with E-state index < -0.39 is 30.8 Å². The number of aromatic nitrogens is 3. The van der Waals surface area contributed by atoms with Crippen molar-refractivity contribution in [1.82, 2.24) is 14.3 Å². The van der Waals surface area contributed by atoms with Crippen LogP contribution < -0.4 is 10.6 Å². The normalized spacial score (nSPS) is 11.5. The van der Waals surface area contributed by atoms with Gasteiger partial charge in [-0.15, -0.1) is 16.4 Å². The Morgan fingerprint density at radius 1 is 1.12 bits per heavy atom. The second kappa shape index (κ2) is 10.2. The van der Waals surface area contributed by atoms with Gasteiger partial charge >= 0.3 is 11.7 Å². The van der Waals surface area contributed by atoms with E-state index in [0.29, 0.717) is 21.9 Å². The molecule has 0 atom stereocenters. The first kappa shape index (κ1) is 22.4. The lowest BCUT2D eigenvalue weighted by Crippen LogP contribution is -2.25. The molecule has 0 fully saturated rings.